The summed E-state index contributed by atoms with van der Waals surface area (Å²) in [5.41, 5.74) is 12.5. The number of fused-ring (bicyclic) bond motifs is 1. The molecule has 0 atom stereocenters. The van der Waals surface area contributed by atoms with Gasteiger partial charge in [-0.3, -0.25) is 4.79 Å². The Labute approximate surface area is 153 Å². The van der Waals surface area contributed by atoms with E-state index in [0.29, 0.717) is 5.69 Å². The molecular formula is C22H21N3O. The molecule has 130 valence electrons. The van der Waals surface area contributed by atoms with Gasteiger partial charge >= 0.3 is 0 Å². The Morgan fingerprint density at radius 3 is 2.73 bits per heavy atom. The largest absolute Gasteiger partial charge is 0.364 e. The van der Waals surface area contributed by atoms with E-state index in [9.17, 15) is 4.79 Å². The molecule has 26 heavy (non-hydrogen) atoms. The summed E-state index contributed by atoms with van der Waals surface area (Å²) in [4.78, 5) is 18.2. The number of aromatic nitrogens is 1. The van der Waals surface area contributed by atoms with Crippen LogP contribution in [0.3, 0.4) is 0 Å². The average Bonchev–Trinajstić information content (AvgIpc) is 2.67. The van der Waals surface area contributed by atoms with E-state index in [-0.39, 0.29) is 0 Å². The summed E-state index contributed by atoms with van der Waals surface area (Å²) in [5.74, 6) is -0.504. The van der Waals surface area contributed by atoms with Gasteiger partial charge in [-0.2, -0.15) is 0 Å². The Morgan fingerprint density at radius 1 is 1.08 bits per heavy atom. The van der Waals surface area contributed by atoms with Gasteiger partial charge in [0.05, 0.1) is 5.69 Å². The van der Waals surface area contributed by atoms with Crippen LogP contribution < -0.4 is 10.6 Å². The van der Waals surface area contributed by atoms with E-state index in [0.717, 1.165) is 30.6 Å². The lowest BCUT2D eigenvalue weighted by molar-refractivity contribution is 0.0995. The van der Waals surface area contributed by atoms with Crippen molar-refractivity contribution in [2.75, 3.05) is 11.4 Å². The van der Waals surface area contributed by atoms with Crippen molar-refractivity contribution in [3.63, 3.8) is 0 Å². The number of benzene rings is 2. The number of pyridine rings is 1. The zero-order valence-corrected chi connectivity index (χ0v) is 14.8. The van der Waals surface area contributed by atoms with Crippen LogP contribution in [0.1, 0.15) is 28.0 Å². The summed E-state index contributed by atoms with van der Waals surface area (Å²) in [6.45, 7) is 3.14. The first-order valence-corrected chi connectivity index (χ1v) is 8.86. The van der Waals surface area contributed by atoms with Gasteiger partial charge in [-0.15, -0.1) is 0 Å². The van der Waals surface area contributed by atoms with Gasteiger partial charge in [-0.1, -0.05) is 24.3 Å². The third-order valence-electron chi connectivity index (χ3n) is 4.81. The minimum atomic E-state index is -0.504. The second-order valence-corrected chi connectivity index (χ2v) is 6.71. The maximum atomic E-state index is 11.4. The highest BCUT2D eigenvalue weighted by atomic mass is 16.1. The smallest absolute Gasteiger partial charge is 0.267 e. The second-order valence-electron chi connectivity index (χ2n) is 6.71. The number of carbonyl (C=O) groups excluding carboxylic acids is 1. The molecule has 2 N–H and O–H groups in total. The molecule has 0 spiro atoms. The molecule has 0 saturated carbocycles. The molecule has 4 heteroatoms. The zero-order valence-electron chi connectivity index (χ0n) is 14.8. The molecule has 1 aliphatic heterocycles. The van der Waals surface area contributed by atoms with Gasteiger partial charge in [-0.25, -0.2) is 4.98 Å². The van der Waals surface area contributed by atoms with Crippen molar-refractivity contribution in [3.05, 3.63) is 77.5 Å². The summed E-state index contributed by atoms with van der Waals surface area (Å²) < 4.78 is 0. The van der Waals surface area contributed by atoms with Crippen LogP contribution in [0, 0.1) is 6.92 Å². The number of nitrogens with two attached hydrogens (primary N) is 1. The fourth-order valence-electron chi connectivity index (χ4n) is 3.55. The summed E-state index contributed by atoms with van der Waals surface area (Å²) >= 11 is 0. The van der Waals surface area contributed by atoms with E-state index in [4.69, 9.17) is 5.73 Å². The highest BCUT2D eigenvalue weighted by Crippen LogP contribution is 2.36. The zero-order chi connectivity index (χ0) is 18.1. The molecule has 4 nitrogen and oxygen atoms in total. The third-order valence-corrected chi connectivity index (χ3v) is 4.81. The maximum absolute atomic E-state index is 11.4. The van der Waals surface area contributed by atoms with E-state index in [1.54, 1.807) is 6.07 Å². The fourth-order valence-corrected chi connectivity index (χ4v) is 3.55. The summed E-state index contributed by atoms with van der Waals surface area (Å²) in [5, 5.41) is 0. The van der Waals surface area contributed by atoms with Crippen LogP contribution in [0.25, 0.3) is 11.3 Å². The normalized spacial score (nSPS) is 13.3. The summed E-state index contributed by atoms with van der Waals surface area (Å²) in [6, 6.07) is 20.4. The number of anilines is 2. The Balaban J connectivity index is 1.73. The number of amides is 1. The molecular weight excluding hydrogens is 322 g/mol. The molecule has 1 aromatic heterocycles. The Kier molecular flexibility index (Phi) is 4.17. The number of aryl methyl sites for hydroxylation is 2. The number of hydrogen-bond donors (Lipinski definition) is 1. The molecule has 2 aromatic carbocycles. The monoisotopic (exact) mass is 343 g/mol. The van der Waals surface area contributed by atoms with Crippen LogP contribution in [0.5, 0.6) is 0 Å². The van der Waals surface area contributed by atoms with Crippen molar-refractivity contribution in [1.29, 1.82) is 0 Å². The lowest BCUT2D eigenvalue weighted by atomic mass is 9.97. The van der Waals surface area contributed by atoms with Crippen molar-refractivity contribution < 1.29 is 4.79 Å². The lowest BCUT2D eigenvalue weighted by Gasteiger charge is -2.32. The van der Waals surface area contributed by atoms with Gasteiger partial charge in [0.1, 0.15) is 5.69 Å². The first-order chi connectivity index (χ1) is 12.6. The van der Waals surface area contributed by atoms with Crippen LogP contribution in [-0.2, 0) is 6.42 Å². The standard InChI is InChI=1S/C22H21N3O/c1-15-5-2-7-18(13-15)25-12-4-6-17-14-16(10-11-21(17)25)19-8-3-9-20(24-19)22(23)26/h2-3,5,7-11,13-14H,4,6,12H2,1H3,(H2,23,26). The highest BCUT2D eigenvalue weighted by Gasteiger charge is 2.19. The molecule has 0 bridgehead atoms. The van der Waals surface area contributed by atoms with E-state index < -0.39 is 5.91 Å². The SMILES string of the molecule is Cc1cccc(N2CCCc3cc(-c4cccc(C(N)=O)n4)ccc32)c1. The maximum Gasteiger partial charge on any atom is 0.267 e. The number of primary amides is 1. The van der Waals surface area contributed by atoms with Crippen LogP contribution in [0.2, 0.25) is 0 Å². The van der Waals surface area contributed by atoms with Crippen molar-refractivity contribution in [2.45, 2.75) is 19.8 Å². The van der Waals surface area contributed by atoms with Gasteiger partial charge < -0.3 is 10.6 Å². The number of carbonyl (C=O) groups is 1. The first-order valence-electron chi connectivity index (χ1n) is 8.86. The van der Waals surface area contributed by atoms with Crippen molar-refractivity contribution in [3.8, 4) is 11.3 Å². The molecule has 4 rings (SSSR count). The topological polar surface area (TPSA) is 59.2 Å². The Hall–Kier alpha value is -3.14. The van der Waals surface area contributed by atoms with Crippen LogP contribution in [0.15, 0.2) is 60.7 Å². The molecule has 0 radical (unpaired) electrons. The van der Waals surface area contributed by atoms with E-state index >= 15 is 0 Å². The molecule has 2 heterocycles. The van der Waals surface area contributed by atoms with Gasteiger partial charge in [0, 0.05) is 23.5 Å². The van der Waals surface area contributed by atoms with Crippen molar-refractivity contribution >= 4 is 17.3 Å². The number of rotatable bonds is 3. The molecule has 1 aliphatic rings. The van der Waals surface area contributed by atoms with Gasteiger partial charge in [-0.05, 0) is 67.3 Å². The molecule has 1 amide bonds. The number of nitrogens with zero attached hydrogens (tertiary/aromatic N) is 2. The third kappa shape index (κ3) is 3.06. The molecule has 0 unspecified atom stereocenters. The molecule has 0 fully saturated rings. The highest BCUT2D eigenvalue weighted by molar-refractivity contribution is 5.91. The van der Waals surface area contributed by atoms with Gasteiger partial charge in [0.15, 0.2) is 0 Å². The Morgan fingerprint density at radius 2 is 1.92 bits per heavy atom. The summed E-state index contributed by atoms with van der Waals surface area (Å²) in [7, 11) is 0. The van der Waals surface area contributed by atoms with Gasteiger partial charge in [0.2, 0.25) is 0 Å². The molecule has 3 aromatic rings. The second kappa shape index (κ2) is 6.64. The van der Waals surface area contributed by atoms with E-state index in [1.807, 2.05) is 12.1 Å². The Bertz CT molecular complexity index is 981. The van der Waals surface area contributed by atoms with E-state index in [2.05, 4.69) is 59.3 Å². The average molecular weight is 343 g/mol. The van der Waals surface area contributed by atoms with Crippen LogP contribution >= 0.6 is 0 Å². The van der Waals surface area contributed by atoms with Crippen LogP contribution in [0.4, 0.5) is 11.4 Å². The summed E-state index contributed by atoms with van der Waals surface area (Å²) in [6.07, 6.45) is 2.15. The molecule has 0 aliphatic carbocycles. The predicted molar refractivity (Wildman–Crippen MR) is 105 cm³/mol. The van der Waals surface area contributed by atoms with E-state index in [1.165, 1.54) is 22.5 Å². The number of hydrogen-bond acceptors (Lipinski definition) is 3. The van der Waals surface area contributed by atoms with Crippen molar-refractivity contribution in [2.24, 2.45) is 5.73 Å². The lowest BCUT2D eigenvalue weighted by Crippen LogP contribution is -2.24. The fraction of sp³-hybridized carbons (Fsp3) is 0.182. The predicted octanol–water partition coefficient (Wildman–Crippen LogP) is 4.24. The first kappa shape index (κ1) is 16.3. The quantitative estimate of drug-likeness (QED) is 0.774. The minimum absolute atomic E-state index is 0.293. The van der Waals surface area contributed by atoms with Gasteiger partial charge in [0.25, 0.3) is 5.91 Å². The molecule has 0 saturated heterocycles. The minimum Gasteiger partial charge on any atom is -0.364 e. The van der Waals surface area contributed by atoms with Crippen LogP contribution in [-0.4, -0.2) is 17.4 Å². The van der Waals surface area contributed by atoms with Crippen molar-refractivity contribution in [1.82, 2.24) is 4.98 Å².